The summed E-state index contributed by atoms with van der Waals surface area (Å²) in [5.41, 5.74) is 1.38. The van der Waals surface area contributed by atoms with Crippen LogP contribution in [0.15, 0.2) is 47.4 Å². The van der Waals surface area contributed by atoms with Crippen molar-refractivity contribution in [2.24, 2.45) is 7.05 Å². The number of ether oxygens (including phenoxy) is 2. The maximum atomic E-state index is 13.6. The van der Waals surface area contributed by atoms with Crippen LogP contribution in [0.25, 0.3) is 10.9 Å². The van der Waals surface area contributed by atoms with Gasteiger partial charge in [0.15, 0.2) is 5.78 Å². The molecular formula is C30H28N2O8. The molecule has 1 aliphatic rings. The zero-order valence-corrected chi connectivity index (χ0v) is 22.4. The van der Waals surface area contributed by atoms with Gasteiger partial charge in [-0.05, 0) is 37.4 Å². The molecule has 2 aromatic carbocycles. The summed E-state index contributed by atoms with van der Waals surface area (Å²) < 4.78 is 12.3. The summed E-state index contributed by atoms with van der Waals surface area (Å²) in [5.74, 6) is -3.56. The number of carbonyl (C=O) groups excluding carboxylic acids is 2. The van der Waals surface area contributed by atoms with E-state index in [0.29, 0.717) is 27.7 Å². The second-order valence-corrected chi connectivity index (χ2v) is 9.86. The number of hydrogen-bond donors (Lipinski definition) is 3. The topological polar surface area (TPSA) is 148 Å². The van der Waals surface area contributed by atoms with E-state index in [1.54, 1.807) is 50.5 Å². The number of fused-ring (bicyclic) bond motifs is 2. The van der Waals surface area contributed by atoms with E-state index in [4.69, 9.17) is 9.47 Å². The first-order valence-electron chi connectivity index (χ1n) is 12.6. The van der Waals surface area contributed by atoms with E-state index in [9.17, 15) is 29.7 Å². The molecule has 4 aromatic rings. The molecular weight excluding hydrogens is 516 g/mol. The predicted molar refractivity (Wildman–Crippen MR) is 145 cm³/mol. The van der Waals surface area contributed by atoms with Crippen LogP contribution in [-0.2, 0) is 27.9 Å². The molecule has 5 rings (SSSR count). The highest BCUT2D eigenvalue weighted by Crippen LogP contribution is 2.50. The zero-order chi connectivity index (χ0) is 28.9. The molecule has 206 valence electrons. The van der Waals surface area contributed by atoms with Gasteiger partial charge in [0.05, 0.1) is 36.9 Å². The first kappa shape index (κ1) is 26.9. The van der Waals surface area contributed by atoms with Gasteiger partial charge in [0.2, 0.25) is 0 Å². The molecule has 0 fully saturated rings. The molecule has 0 saturated carbocycles. The Morgan fingerprint density at radius 3 is 2.58 bits per heavy atom. The van der Waals surface area contributed by atoms with E-state index in [0.717, 1.165) is 0 Å². The highest BCUT2D eigenvalue weighted by atomic mass is 16.5. The third-order valence-corrected chi connectivity index (χ3v) is 7.51. The van der Waals surface area contributed by atoms with Crippen molar-refractivity contribution in [2.75, 3.05) is 7.11 Å². The highest BCUT2D eigenvalue weighted by Gasteiger charge is 2.37. The van der Waals surface area contributed by atoms with Gasteiger partial charge in [0.25, 0.3) is 5.56 Å². The molecule has 0 bridgehead atoms. The van der Waals surface area contributed by atoms with Crippen molar-refractivity contribution >= 4 is 22.7 Å². The van der Waals surface area contributed by atoms with Crippen LogP contribution >= 0.6 is 0 Å². The second-order valence-electron chi connectivity index (χ2n) is 9.86. The van der Waals surface area contributed by atoms with Gasteiger partial charge in [-0.25, -0.2) is 0 Å². The van der Waals surface area contributed by atoms with Gasteiger partial charge < -0.3 is 29.4 Å². The van der Waals surface area contributed by atoms with Crippen molar-refractivity contribution in [3.8, 4) is 17.2 Å². The molecule has 0 saturated heterocycles. The third kappa shape index (κ3) is 4.26. The summed E-state index contributed by atoms with van der Waals surface area (Å²) in [7, 11) is 2.78. The number of aryl methyl sites for hydroxylation is 2. The summed E-state index contributed by atoms with van der Waals surface area (Å²) >= 11 is 0. The van der Waals surface area contributed by atoms with Gasteiger partial charge >= 0.3 is 5.97 Å². The lowest BCUT2D eigenvalue weighted by atomic mass is 9.83. The Labute approximate surface area is 229 Å². The molecule has 0 unspecified atom stereocenters. The SMILES string of the molecule is COC(=O)C[C@H](c1c(O)c(C(C)=O)cc([C@H]2OCc3cnc(C)c(O)c32)c1O)c1cc2ccccc2n(C)c1=O. The van der Waals surface area contributed by atoms with Crippen molar-refractivity contribution in [1.82, 2.24) is 9.55 Å². The first-order valence-corrected chi connectivity index (χ1v) is 12.6. The van der Waals surface area contributed by atoms with Crippen LogP contribution in [0.4, 0.5) is 0 Å². The van der Waals surface area contributed by atoms with E-state index in [1.165, 1.54) is 24.7 Å². The lowest BCUT2D eigenvalue weighted by molar-refractivity contribution is -0.140. The Kier molecular flexibility index (Phi) is 6.80. The van der Waals surface area contributed by atoms with Crippen molar-refractivity contribution in [1.29, 1.82) is 0 Å². The number of ketones is 1. The fourth-order valence-corrected chi connectivity index (χ4v) is 5.38. The van der Waals surface area contributed by atoms with Gasteiger partial charge in [-0.3, -0.25) is 19.4 Å². The normalized spacial score (nSPS) is 15.2. The van der Waals surface area contributed by atoms with Crippen molar-refractivity contribution in [3.63, 3.8) is 0 Å². The molecule has 2 aromatic heterocycles. The quantitative estimate of drug-likeness (QED) is 0.243. The van der Waals surface area contributed by atoms with Crippen LogP contribution in [0.2, 0.25) is 0 Å². The Morgan fingerprint density at radius 2 is 1.88 bits per heavy atom. The number of pyridine rings is 2. The highest BCUT2D eigenvalue weighted by molar-refractivity contribution is 5.98. The van der Waals surface area contributed by atoms with Crippen LogP contribution in [0.3, 0.4) is 0 Å². The van der Waals surface area contributed by atoms with E-state index >= 15 is 0 Å². The van der Waals surface area contributed by atoms with E-state index in [1.807, 2.05) is 0 Å². The Morgan fingerprint density at radius 1 is 1.15 bits per heavy atom. The molecule has 3 N–H and O–H groups in total. The Hall–Kier alpha value is -4.70. The number of aromatic nitrogens is 2. The lowest BCUT2D eigenvalue weighted by Crippen LogP contribution is -2.26. The van der Waals surface area contributed by atoms with E-state index in [-0.39, 0.29) is 34.6 Å². The smallest absolute Gasteiger partial charge is 0.306 e. The van der Waals surface area contributed by atoms with Crippen molar-refractivity contribution in [3.05, 3.63) is 92.0 Å². The molecule has 0 aliphatic carbocycles. The molecule has 0 amide bonds. The number of Topliss-reactive ketones (excluding diaryl/α,β-unsaturated/α-hetero) is 1. The molecule has 40 heavy (non-hydrogen) atoms. The molecule has 0 radical (unpaired) electrons. The predicted octanol–water partition coefficient (Wildman–Crippen LogP) is 3.88. The maximum absolute atomic E-state index is 13.6. The van der Waals surface area contributed by atoms with Crippen molar-refractivity contribution < 1.29 is 34.4 Å². The minimum atomic E-state index is -1.19. The van der Waals surface area contributed by atoms with Gasteiger partial charge in [0, 0.05) is 47.0 Å². The third-order valence-electron chi connectivity index (χ3n) is 7.51. The number of para-hydroxylation sites is 1. The average Bonchev–Trinajstić information content (AvgIpc) is 3.36. The molecule has 10 nitrogen and oxygen atoms in total. The number of methoxy groups -OCH3 is 1. The van der Waals surface area contributed by atoms with E-state index in [2.05, 4.69) is 4.98 Å². The fraction of sp³-hybridized carbons (Fsp3) is 0.267. The largest absolute Gasteiger partial charge is 0.507 e. The fourth-order valence-electron chi connectivity index (χ4n) is 5.38. The van der Waals surface area contributed by atoms with Gasteiger partial charge in [-0.1, -0.05) is 18.2 Å². The van der Waals surface area contributed by atoms with Crippen LogP contribution in [0.1, 0.15) is 69.2 Å². The van der Waals surface area contributed by atoms with Crippen LogP contribution in [0, 0.1) is 6.92 Å². The molecule has 1 aliphatic heterocycles. The molecule has 0 spiro atoms. The number of esters is 1. The van der Waals surface area contributed by atoms with Gasteiger partial charge in [-0.2, -0.15) is 0 Å². The molecule has 10 heteroatoms. The standard InChI is InChI=1S/C30H28N2O8/c1-14-26(35)24-17(12-31-14)13-40-29(24)21-10-18(15(2)33)27(36)25(28(21)37)19(11-23(34)39-4)20-9-16-7-5-6-8-22(16)32(3)30(20)38/h5-10,12,19,29,35-37H,11,13H2,1-4H3/t19-,29+/m0/s1. The van der Waals surface area contributed by atoms with Gasteiger partial charge in [0.1, 0.15) is 23.4 Å². The number of phenols is 2. The summed E-state index contributed by atoms with van der Waals surface area (Å²) in [4.78, 5) is 43.1. The van der Waals surface area contributed by atoms with Crippen LogP contribution in [-0.4, -0.2) is 43.7 Å². The number of phenolic OH excluding ortho intramolecular Hbond substituents is 2. The number of nitrogens with zero attached hydrogens (tertiary/aromatic N) is 2. The monoisotopic (exact) mass is 544 g/mol. The number of aromatic hydroxyl groups is 3. The summed E-state index contributed by atoms with van der Waals surface area (Å²) in [6.45, 7) is 2.96. The molecule has 3 heterocycles. The Balaban J connectivity index is 1.82. The Bertz CT molecular complexity index is 1760. The summed E-state index contributed by atoms with van der Waals surface area (Å²) in [5, 5.41) is 34.5. The number of carbonyl (C=O) groups is 2. The van der Waals surface area contributed by atoms with E-state index < -0.39 is 47.3 Å². The minimum absolute atomic E-state index is 0.0860. The van der Waals surface area contributed by atoms with Crippen LogP contribution in [0.5, 0.6) is 17.2 Å². The number of hydrogen-bond acceptors (Lipinski definition) is 9. The zero-order valence-electron chi connectivity index (χ0n) is 22.4. The first-order chi connectivity index (χ1) is 19.0. The van der Waals surface area contributed by atoms with Crippen molar-refractivity contribution in [2.45, 2.75) is 38.9 Å². The lowest BCUT2D eigenvalue weighted by Gasteiger charge is -2.25. The molecule has 2 atom stereocenters. The average molecular weight is 545 g/mol. The summed E-state index contributed by atoms with van der Waals surface area (Å²) in [6.07, 6.45) is 0.142. The van der Waals surface area contributed by atoms with Crippen LogP contribution < -0.4 is 5.56 Å². The second kappa shape index (κ2) is 10.1. The minimum Gasteiger partial charge on any atom is -0.507 e. The maximum Gasteiger partial charge on any atom is 0.306 e. The number of benzene rings is 2. The van der Waals surface area contributed by atoms with Gasteiger partial charge in [-0.15, -0.1) is 0 Å². The number of rotatable bonds is 6. The summed E-state index contributed by atoms with van der Waals surface area (Å²) in [6, 6.07) is 10.1.